The molecule has 5 nitrogen and oxygen atoms in total. The number of anilines is 1. The third-order valence-electron chi connectivity index (χ3n) is 4.64. The van der Waals surface area contributed by atoms with Crippen molar-refractivity contribution in [3.63, 3.8) is 0 Å². The van der Waals surface area contributed by atoms with Gasteiger partial charge in [0.15, 0.2) is 0 Å². The zero-order chi connectivity index (χ0) is 18.4. The highest BCUT2D eigenvalue weighted by Gasteiger charge is 2.18. The molecule has 0 radical (unpaired) electrons. The van der Waals surface area contributed by atoms with Crippen LogP contribution in [0.1, 0.15) is 42.9 Å². The highest BCUT2D eigenvalue weighted by atomic mass is 16.2. The molecule has 2 aromatic carbocycles. The molecular weight excluding hydrogens is 326 g/mol. The Balaban J connectivity index is 1.57. The highest BCUT2D eigenvalue weighted by molar-refractivity contribution is 5.91. The first-order valence-electron chi connectivity index (χ1n) is 9.09. The van der Waals surface area contributed by atoms with Gasteiger partial charge in [-0.2, -0.15) is 0 Å². The molecule has 1 unspecified atom stereocenters. The molecule has 1 saturated heterocycles. The fourth-order valence-electron chi connectivity index (χ4n) is 3.23. The summed E-state index contributed by atoms with van der Waals surface area (Å²) in [5, 5.41) is 2.91. The molecule has 5 heteroatoms. The minimum absolute atomic E-state index is 0.118. The van der Waals surface area contributed by atoms with Gasteiger partial charge in [0.2, 0.25) is 11.8 Å². The molecule has 3 N–H and O–H groups in total. The van der Waals surface area contributed by atoms with Crippen molar-refractivity contribution in [2.24, 2.45) is 5.73 Å². The van der Waals surface area contributed by atoms with Crippen LogP contribution in [-0.2, 0) is 16.1 Å². The molecule has 26 heavy (non-hydrogen) atoms. The number of benzene rings is 2. The van der Waals surface area contributed by atoms with Crippen molar-refractivity contribution >= 4 is 17.5 Å². The lowest BCUT2D eigenvalue weighted by Gasteiger charge is -2.26. The molecule has 0 saturated carbocycles. The summed E-state index contributed by atoms with van der Waals surface area (Å²) in [6.07, 6.45) is 2.89. The summed E-state index contributed by atoms with van der Waals surface area (Å²) < 4.78 is 0. The molecule has 3 rings (SSSR count). The lowest BCUT2D eigenvalue weighted by atomic mass is 10.0. The van der Waals surface area contributed by atoms with E-state index in [0.717, 1.165) is 36.2 Å². The zero-order valence-corrected chi connectivity index (χ0v) is 14.9. The Morgan fingerprint density at radius 1 is 1.12 bits per heavy atom. The summed E-state index contributed by atoms with van der Waals surface area (Å²) in [6, 6.07) is 16.9. The Labute approximate surface area is 154 Å². The maximum atomic E-state index is 12.3. The minimum atomic E-state index is -0.328. The van der Waals surface area contributed by atoms with Gasteiger partial charge in [-0.25, -0.2) is 0 Å². The molecule has 0 spiro atoms. The first-order chi connectivity index (χ1) is 12.6. The summed E-state index contributed by atoms with van der Waals surface area (Å²) in [5.41, 5.74) is 8.81. The zero-order valence-electron chi connectivity index (χ0n) is 14.9. The van der Waals surface area contributed by atoms with Crippen LogP contribution in [0.2, 0.25) is 0 Å². The normalized spacial score (nSPS) is 15.6. The molecular formula is C21H25N3O2. The summed E-state index contributed by atoms with van der Waals surface area (Å²) in [7, 11) is 0. The highest BCUT2D eigenvalue weighted by Crippen LogP contribution is 2.18. The quantitative estimate of drug-likeness (QED) is 0.839. The number of nitrogens with one attached hydrogen (secondary N) is 1. The molecule has 2 aromatic rings. The average molecular weight is 351 g/mol. The van der Waals surface area contributed by atoms with Gasteiger partial charge >= 0.3 is 0 Å². The summed E-state index contributed by atoms with van der Waals surface area (Å²) in [6.45, 7) is 1.40. The van der Waals surface area contributed by atoms with Gasteiger partial charge in [-0.15, -0.1) is 0 Å². The number of carbonyl (C=O) groups is 2. The Hall–Kier alpha value is -2.66. The Morgan fingerprint density at radius 2 is 1.92 bits per heavy atom. The van der Waals surface area contributed by atoms with E-state index in [9.17, 15) is 9.59 Å². The molecule has 1 aliphatic heterocycles. The SMILES string of the molecule is NC(CC(=O)Nc1cccc(CN2CCCCC2=O)c1)c1ccccc1. The number of nitrogens with two attached hydrogens (primary N) is 1. The second-order valence-corrected chi connectivity index (χ2v) is 6.74. The maximum Gasteiger partial charge on any atom is 0.226 e. The predicted octanol–water partition coefficient (Wildman–Crippen LogP) is 3.23. The number of rotatable bonds is 6. The molecule has 0 aromatic heterocycles. The molecule has 0 bridgehead atoms. The van der Waals surface area contributed by atoms with Crippen molar-refractivity contribution in [3.05, 3.63) is 65.7 Å². The lowest BCUT2D eigenvalue weighted by Crippen LogP contribution is -2.34. The summed E-state index contributed by atoms with van der Waals surface area (Å²) in [5.74, 6) is 0.0899. The smallest absolute Gasteiger partial charge is 0.226 e. The Bertz CT molecular complexity index is 761. The van der Waals surface area contributed by atoms with E-state index in [1.54, 1.807) is 0 Å². The van der Waals surface area contributed by atoms with E-state index in [-0.39, 0.29) is 24.3 Å². The maximum absolute atomic E-state index is 12.3. The number of nitrogens with zero attached hydrogens (tertiary/aromatic N) is 1. The van der Waals surface area contributed by atoms with Crippen LogP contribution in [0, 0.1) is 0 Å². The number of piperidine rings is 1. The standard InChI is InChI=1S/C21H25N3O2/c22-19(17-8-2-1-3-9-17)14-20(25)23-18-10-6-7-16(13-18)15-24-12-5-4-11-21(24)26/h1-3,6-10,13,19H,4-5,11-12,14-15,22H2,(H,23,25). The molecule has 0 aliphatic carbocycles. The van der Waals surface area contributed by atoms with Crippen molar-refractivity contribution in [2.45, 2.75) is 38.3 Å². The second-order valence-electron chi connectivity index (χ2n) is 6.74. The monoisotopic (exact) mass is 351 g/mol. The van der Waals surface area contributed by atoms with Crippen LogP contribution in [0.4, 0.5) is 5.69 Å². The van der Waals surface area contributed by atoms with E-state index in [1.807, 2.05) is 59.5 Å². The lowest BCUT2D eigenvalue weighted by molar-refractivity contribution is -0.133. The number of amides is 2. The average Bonchev–Trinajstić information content (AvgIpc) is 2.64. The van der Waals surface area contributed by atoms with Gasteiger partial charge < -0.3 is 16.0 Å². The number of likely N-dealkylation sites (tertiary alicyclic amines) is 1. The minimum Gasteiger partial charge on any atom is -0.338 e. The number of hydrogen-bond acceptors (Lipinski definition) is 3. The van der Waals surface area contributed by atoms with Gasteiger partial charge in [-0.1, -0.05) is 42.5 Å². The fraction of sp³-hybridized carbons (Fsp3) is 0.333. The molecule has 1 fully saturated rings. The predicted molar refractivity (Wildman–Crippen MR) is 102 cm³/mol. The molecule has 2 amide bonds. The molecule has 136 valence electrons. The fourth-order valence-corrected chi connectivity index (χ4v) is 3.23. The first kappa shape index (κ1) is 18.1. The van der Waals surface area contributed by atoms with E-state index in [2.05, 4.69) is 5.32 Å². The Morgan fingerprint density at radius 3 is 2.69 bits per heavy atom. The van der Waals surface area contributed by atoms with Crippen molar-refractivity contribution in [3.8, 4) is 0 Å². The van der Waals surface area contributed by atoms with Crippen LogP contribution >= 0.6 is 0 Å². The second kappa shape index (κ2) is 8.63. The number of hydrogen-bond donors (Lipinski definition) is 2. The van der Waals surface area contributed by atoms with Crippen LogP contribution in [0.25, 0.3) is 0 Å². The van der Waals surface area contributed by atoms with Gasteiger partial charge in [-0.05, 0) is 36.1 Å². The largest absolute Gasteiger partial charge is 0.338 e. The third kappa shape index (κ3) is 4.92. The van der Waals surface area contributed by atoms with Crippen molar-refractivity contribution in [1.29, 1.82) is 0 Å². The van der Waals surface area contributed by atoms with Crippen LogP contribution < -0.4 is 11.1 Å². The van der Waals surface area contributed by atoms with Gasteiger partial charge in [0.1, 0.15) is 0 Å². The number of carbonyl (C=O) groups excluding carboxylic acids is 2. The first-order valence-corrected chi connectivity index (χ1v) is 9.09. The van der Waals surface area contributed by atoms with Crippen molar-refractivity contribution < 1.29 is 9.59 Å². The van der Waals surface area contributed by atoms with Crippen molar-refractivity contribution in [1.82, 2.24) is 4.90 Å². The van der Waals surface area contributed by atoms with E-state index < -0.39 is 0 Å². The van der Waals surface area contributed by atoms with Gasteiger partial charge in [0.25, 0.3) is 0 Å². The molecule has 1 atom stereocenters. The van der Waals surface area contributed by atoms with Crippen LogP contribution in [0.5, 0.6) is 0 Å². The van der Waals surface area contributed by atoms with Crippen LogP contribution in [-0.4, -0.2) is 23.3 Å². The van der Waals surface area contributed by atoms with Gasteiger partial charge in [-0.3, -0.25) is 9.59 Å². The van der Waals surface area contributed by atoms with Gasteiger partial charge in [0, 0.05) is 37.7 Å². The Kier molecular flexibility index (Phi) is 6.02. The van der Waals surface area contributed by atoms with Crippen molar-refractivity contribution in [2.75, 3.05) is 11.9 Å². The third-order valence-corrected chi connectivity index (χ3v) is 4.64. The molecule has 1 heterocycles. The van der Waals surface area contributed by atoms with E-state index in [4.69, 9.17) is 5.73 Å². The summed E-state index contributed by atoms with van der Waals surface area (Å²) in [4.78, 5) is 26.1. The van der Waals surface area contributed by atoms with E-state index in [0.29, 0.717) is 13.0 Å². The molecule has 1 aliphatic rings. The topological polar surface area (TPSA) is 75.4 Å². The summed E-state index contributed by atoms with van der Waals surface area (Å²) >= 11 is 0. The van der Waals surface area contributed by atoms with Gasteiger partial charge in [0.05, 0.1) is 0 Å². The van der Waals surface area contributed by atoms with Crippen LogP contribution in [0.3, 0.4) is 0 Å². The van der Waals surface area contributed by atoms with E-state index >= 15 is 0 Å². The van der Waals surface area contributed by atoms with Crippen LogP contribution in [0.15, 0.2) is 54.6 Å². The van der Waals surface area contributed by atoms with E-state index in [1.165, 1.54) is 0 Å².